The Morgan fingerprint density at radius 2 is 1.11 bits per heavy atom. The van der Waals surface area contributed by atoms with E-state index < -0.39 is 0 Å². The van der Waals surface area contributed by atoms with Gasteiger partial charge >= 0.3 is 0 Å². The molecule has 1 radical (unpaired) electrons. The van der Waals surface area contributed by atoms with Crippen LogP contribution in [0.15, 0.2) is 185 Å². The van der Waals surface area contributed by atoms with E-state index in [9.17, 15) is 0 Å². The van der Waals surface area contributed by atoms with Crippen LogP contribution >= 0.6 is 0 Å². The molecule has 0 saturated heterocycles. The minimum atomic E-state index is -0.210. The van der Waals surface area contributed by atoms with E-state index in [2.05, 4.69) is 242 Å². The van der Waals surface area contributed by atoms with E-state index in [1.807, 2.05) is 6.07 Å². The number of para-hydroxylation sites is 1. The fraction of sp³-hybridized carbons (Fsp3) is 0.164. The average molecular weight is 930 g/mol. The third-order valence-electron chi connectivity index (χ3n) is 15.9. The van der Waals surface area contributed by atoms with Crippen LogP contribution in [0.3, 0.4) is 0 Å². The molecule has 0 atom stereocenters. The van der Waals surface area contributed by atoms with Crippen LogP contribution in [0.5, 0.6) is 0 Å². The monoisotopic (exact) mass is 929 g/mol. The van der Waals surface area contributed by atoms with Gasteiger partial charge in [-0.25, -0.2) is 0 Å². The third-order valence-corrected chi connectivity index (χ3v) is 15.9. The van der Waals surface area contributed by atoms with Gasteiger partial charge in [0.25, 0.3) is 0 Å². The summed E-state index contributed by atoms with van der Waals surface area (Å²) in [5.74, 6) is 1.73. The molecule has 4 heterocycles. The number of rotatable bonds is 5. The summed E-state index contributed by atoms with van der Waals surface area (Å²) in [6, 6.07) is 64.7. The third kappa shape index (κ3) is 6.32. The van der Waals surface area contributed by atoms with Crippen molar-refractivity contribution in [3.8, 4) is 50.6 Å². The molecule has 0 fully saturated rings. The number of anilines is 2. The van der Waals surface area contributed by atoms with Gasteiger partial charge in [0, 0.05) is 83.1 Å². The van der Waals surface area contributed by atoms with Crippen molar-refractivity contribution in [1.82, 2.24) is 4.57 Å². The standard InChI is InChI=1S/C67H54BN2O2/c1-65(2,3)40-23-26-42(27-24-40)69-56-36-54-47(43-28-25-41(66(4,5)6)31-53(43)67(54,7)8)32-48(56)45-29-30-46-49-33-50-44-21-15-16-22-59(44)71-60(50)37-57(49)70-58-35-52-51(34-55(58)68-61(45)62(46)70)63(38-17-11-9-12-18-38)72-64(52)39-19-13-10-14-20-39/h9-37,69H,1-8H3. The number of nitrogens with one attached hydrogen (secondary N) is 1. The second-order valence-electron chi connectivity index (χ2n) is 22.8. The Kier molecular flexibility index (Phi) is 8.93. The summed E-state index contributed by atoms with van der Waals surface area (Å²) in [6.45, 7) is 18.6. The molecule has 347 valence electrons. The lowest BCUT2D eigenvalue weighted by Gasteiger charge is -2.27. The van der Waals surface area contributed by atoms with E-state index in [0.29, 0.717) is 0 Å². The largest absolute Gasteiger partial charge is 0.456 e. The highest BCUT2D eigenvalue weighted by atomic mass is 16.3. The molecule has 1 aliphatic heterocycles. The molecule has 4 nitrogen and oxygen atoms in total. The molecular formula is C67H54BN2O2. The number of hydrogen-bond donors (Lipinski definition) is 1. The summed E-state index contributed by atoms with van der Waals surface area (Å²) in [5.41, 5.74) is 21.9. The highest BCUT2D eigenvalue weighted by molar-refractivity contribution is 6.73. The molecule has 0 unspecified atom stereocenters. The van der Waals surface area contributed by atoms with Gasteiger partial charge in [-0.15, -0.1) is 0 Å². The van der Waals surface area contributed by atoms with Gasteiger partial charge in [0.2, 0.25) is 0 Å². The van der Waals surface area contributed by atoms with E-state index in [0.717, 1.165) is 89.0 Å². The van der Waals surface area contributed by atoms with Crippen molar-refractivity contribution in [2.45, 2.75) is 71.6 Å². The van der Waals surface area contributed by atoms with Gasteiger partial charge in [0.05, 0.1) is 5.52 Å². The first-order valence-electron chi connectivity index (χ1n) is 25.4. The zero-order valence-electron chi connectivity index (χ0n) is 42.1. The lowest BCUT2D eigenvalue weighted by Crippen LogP contribution is -2.37. The Morgan fingerprint density at radius 1 is 0.472 bits per heavy atom. The SMILES string of the molecule is CC(C)(C)c1ccc(Nc2cc3c(cc2-c2ccc4c5cc6c(cc5n5c4c2[B]c2cc4c(-c7ccccc7)oc(-c7ccccc7)c4cc2-5)oc2ccccc26)-c2ccc(C(C)(C)C)cc2C3(C)C)cc1. The first-order chi connectivity index (χ1) is 34.7. The minimum Gasteiger partial charge on any atom is -0.456 e. The van der Waals surface area contributed by atoms with Crippen molar-refractivity contribution in [1.29, 1.82) is 0 Å². The molecule has 0 bridgehead atoms. The summed E-state index contributed by atoms with van der Waals surface area (Å²) in [7, 11) is 2.44. The van der Waals surface area contributed by atoms with Crippen LogP contribution in [0.2, 0.25) is 0 Å². The van der Waals surface area contributed by atoms with Crippen LogP contribution in [0.25, 0.3) is 105 Å². The fourth-order valence-electron chi connectivity index (χ4n) is 12.0. The lowest BCUT2D eigenvalue weighted by atomic mass is 9.58. The van der Waals surface area contributed by atoms with E-state index in [1.54, 1.807) is 0 Å². The molecule has 0 spiro atoms. The Morgan fingerprint density at radius 3 is 1.82 bits per heavy atom. The molecule has 0 amide bonds. The molecule has 3 aromatic heterocycles. The molecule has 1 aliphatic carbocycles. The van der Waals surface area contributed by atoms with Gasteiger partial charge in [-0.3, -0.25) is 0 Å². The Labute approximate surface area is 421 Å². The topological polar surface area (TPSA) is 43.2 Å². The predicted molar refractivity (Wildman–Crippen MR) is 304 cm³/mol. The van der Waals surface area contributed by atoms with Crippen molar-refractivity contribution in [3.63, 3.8) is 0 Å². The second-order valence-corrected chi connectivity index (χ2v) is 22.8. The summed E-state index contributed by atoms with van der Waals surface area (Å²) in [5, 5.41) is 10.8. The second kappa shape index (κ2) is 15.0. The summed E-state index contributed by atoms with van der Waals surface area (Å²) in [4.78, 5) is 0. The van der Waals surface area contributed by atoms with E-state index >= 15 is 0 Å². The fourth-order valence-corrected chi connectivity index (χ4v) is 12.0. The summed E-state index contributed by atoms with van der Waals surface area (Å²) < 4.78 is 16.2. The first-order valence-corrected chi connectivity index (χ1v) is 25.4. The number of benzene rings is 9. The number of nitrogens with zero attached hydrogens (tertiary/aromatic N) is 1. The molecule has 14 rings (SSSR count). The highest BCUT2D eigenvalue weighted by Crippen LogP contribution is 2.53. The van der Waals surface area contributed by atoms with Gasteiger partial charge in [-0.05, 0) is 97.7 Å². The molecule has 0 saturated carbocycles. The summed E-state index contributed by atoms with van der Waals surface area (Å²) >= 11 is 0. The van der Waals surface area contributed by atoms with Crippen LogP contribution in [-0.4, -0.2) is 11.8 Å². The molecule has 1 N–H and O–H groups in total. The van der Waals surface area contributed by atoms with Crippen molar-refractivity contribution in [2.75, 3.05) is 5.32 Å². The van der Waals surface area contributed by atoms with Gasteiger partial charge in [0.1, 0.15) is 22.7 Å². The summed E-state index contributed by atoms with van der Waals surface area (Å²) in [6.07, 6.45) is 0. The van der Waals surface area contributed by atoms with E-state index in [1.165, 1.54) is 60.7 Å². The molecule has 5 heteroatoms. The van der Waals surface area contributed by atoms with Crippen molar-refractivity contribution < 1.29 is 8.83 Å². The lowest BCUT2D eigenvalue weighted by molar-refractivity contribution is 0.584. The Balaban J connectivity index is 1.06. The normalized spacial score (nSPS) is 13.8. The first kappa shape index (κ1) is 42.8. The van der Waals surface area contributed by atoms with Gasteiger partial charge < -0.3 is 18.7 Å². The van der Waals surface area contributed by atoms with Crippen LogP contribution < -0.4 is 16.2 Å². The molecule has 2 aliphatic rings. The Bertz CT molecular complexity index is 4230. The quantitative estimate of drug-likeness (QED) is 0.175. The predicted octanol–water partition coefficient (Wildman–Crippen LogP) is 17.0. The molecule has 9 aromatic carbocycles. The maximum absolute atomic E-state index is 7.03. The number of furan rings is 2. The van der Waals surface area contributed by atoms with Crippen LogP contribution in [0, 0.1) is 0 Å². The molecule has 12 aromatic rings. The molecule has 72 heavy (non-hydrogen) atoms. The number of aromatic nitrogens is 1. The van der Waals surface area contributed by atoms with Crippen molar-refractivity contribution in [2.24, 2.45) is 0 Å². The van der Waals surface area contributed by atoms with Crippen LogP contribution in [0.1, 0.15) is 77.6 Å². The average Bonchev–Trinajstić information content (AvgIpc) is 4.10. The van der Waals surface area contributed by atoms with Crippen molar-refractivity contribution >= 4 is 84.1 Å². The Hall–Kier alpha value is -8.02. The maximum atomic E-state index is 7.03. The number of hydrogen-bond acceptors (Lipinski definition) is 3. The van der Waals surface area contributed by atoms with Crippen LogP contribution in [0.4, 0.5) is 11.4 Å². The van der Waals surface area contributed by atoms with Gasteiger partial charge in [-0.2, -0.15) is 0 Å². The zero-order valence-corrected chi connectivity index (χ0v) is 42.1. The van der Waals surface area contributed by atoms with Gasteiger partial charge in [-0.1, -0.05) is 188 Å². The van der Waals surface area contributed by atoms with E-state index in [4.69, 9.17) is 8.83 Å². The minimum absolute atomic E-state index is 0.0301. The smallest absolute Gasteiger partial charge is 0.197 e. The molecular weight excluding hydrogens is 876 g/mol. The maximum Gasteiger partial charge on any atom is 0.197 e. The van der Waals surface area contributed by atoms with Gasteiger partial charge in [0.15, 0.2) is 7.28 Å². The zero-order chi connectivity index (χ0) is 49.0. The van der Waals surface area contributed by atoms with Crippen LogP contribution in [-0.2, 0) is 16.2 Å². The highest BCUT2D eigenvalue weighted by Gasteiger charge is 2.38. The number of fused-ring (bicyclic) bond motifs is 12. The van der Waals surface area contributed by atoms with E-state index in [-0.39, 0.29) is 16.2 Å². The van der Waals surface area contributed by atoms with Crippen molar-refractivity contribution in [3.05, 3.63) is 198 Å².